The van der Waals surface area contributed by atoms with Gasteiger partial charge in [0.25, 0.3) is 0 Å². The summed E-state index contributed by atoms with van der Waals surface area (Å²) in [6, 6.07) is 7.18. The molecule has 0 spiro atoms. The van der Waals surface area contributed by atoms with Crippen LogP contribution in [0.3, 0.4) is 0 Å². The number of hydrogen-bond acceptors (Lipinski definition) is 3. The maximum absolute atomic E-state index is 11.8. The second-order valence-electron chi connectivity index (χ2n) is 3.69. The summed E-state index contributed by atoms with van der Waals surface area (Å²) in [6.07, 6.45) is 0.784. The molecule has 0 saturated heterocycles. The smallest absolute Gasteiger partial charge is 0.178 e. The van der Waals surface area contributed by atoms with Gasteiger partial charge in [0.2, 0.25) is 0 Å². The molecule has 0 bridgehead atoms. The Bertz CT molecular complexity index is 439. The topological polar surface area (TPSA) is 60.2 Å². The van der Waals surface area contributed by atoms with E-state index in [2.05, 4.69) is 0 Å². The van der Waals surface area contributed by atoms with Crippen LogP contribution < -0.4 is 5.73 Å². The van der Waals surface area contributed by atoms with Gasteiger partial charge in [-0.15, -0.1) is 0 Å². The van der Waals surface area contributed by atoms with E-state index >= 15 is 0 Å². The number of benzene rings is 1. The Morgan fingerprint density at radius 3 is 2.79 bits per heavy atom. The fourth-order valence-corrected chi connectivity index (χ4v) is 3.79. The number of sulfone groups is 1. The molecule has 1 atom stereocenters. The molecule has 1 aliphatic rings. The normalized spacial score (nSPS) is 24.2. The Balaban J connectivity index is 2.53. The van der Waals surface area contributed by atoms with Crippen molar-refractivity contribution >= 4 is 9.84 Å². The first-order chi connectivity index (χ1) is 6.63. The van der Waals surface area contributed by atoms with Crippen LogP contribution in [-0.2, 0) is 16.3 Å². The van der Waals surface area contributed by atoms with Crippen LogP contribution in [0.25, 0.3) is 0 Å². The van der Waals surface area contributed by atoms with Gasteiger partial charge >= 0.3 is 0 Å². The first kappa shape index (κ1) is 9.68. The molecule has 1 aliphatic heterocycles. The Morgan fingerprint density at radius 2 is 2.07 bits per heavy atom. The molecule has 0 aromatic heterocycles. The van der Waals surface area contributed by atoms with Gasteiger partial charge in [0.05, 0.1) is 10.6 Å². The van der Waals surface area contributed by atoms with Crippen LogP contribution in [0.15, 0.2) is 29.2 Å². The van der Waals surface area contributed by atoms with Gasteiger partial charge in [-0.05, 0) is 30.5 Å². The molecule has 1 heterocycles. The number of fused-ring (bicyclic) bond motifs is 1. The van der Waals surface area contributed by atoms with E-state index in [0.29, 0.717) is 11.4 Å². The lowest BCUT2D eigenvalue weighted by Gasteiger charge is -2.23. The molecule has 4 heteroatoms. The van der Waals surface area contributed by atoms with Gasteiger partial charge in [-0.25, -0.2) is 8.42 Å². The average Bonchev–Trinajstić information content (AvgIpc) is 2.17. The second kappa shape index (κ2) is 3.37. The SMILES string of the molecule is NCC1Cc2ccccc2S(=O)(=O)C1. The van der Waals surface area contributed by atoms with E-state index in [-0.39, 0.29) is 11.7 Å². The van der Waals surface area contributed by atoms with Crippen molar-refractivity contribution < 1.29 is 8.42 Å². The average molecular weight is 211 g/mol. The van der Waals surface area contributed by atoms with Crippen LogP contribution in [0.4, 0.5) is 0 Å². The van der Waals surface area contributed by atoms with Gasteiger partial charge in [0.15, 0.2) is 9.84 Å². The van der Waals surface area contributed by atoms with Crippen LogP contribution >= 0.6 is 0 Å². The largest absolute Gasteiger partial charge is 0.330 e. The molecule has 2 rings (SSSR count). The van der Waals surface area contributed by atoms with Crippen molar-refractivity contribution in [1.29, 1.82) is 0 Å². The van der Waals surface area contributed by atoms with E-state index in [1.807, 2.05) is 12.1 Å². The highest BCUT2D eigenvalue weighted by Crippen LogP contribution is 2.27. The lowest BCUT2D eigenvalue weighted by Crippen LogP contribution is -2.30. The summed E-state index contributed by atoms with van der Waals surface area (Å²) in [6.45, 7) is 0.438. The first-order valence-electron chi connectivity index (χ1n) is 4.64. The summed E-state index contributed by atoms with van der Waals surface area (Å²) >= 11 is 0. The van der Waals surface area contributed by atoms with Crippen molar-refractivity contribution in [2.24, 2.45) is 11.7 Å². The minimum atomic E-state index is -3.08. The maximum Gasteiger partial charge on any atom is 0.178 e. The third-order valence-electron chi connectivity index (χ3n) is 2.60. The third-order valence-corrected chi connectivity index (χ3v) is 4.58. The zero-order valence-electron chi connectivity index (χ0n) is 7.81. The molecule has 0 fully saturated rings. The highest BCUT2D eigenvalue weighted by molar-refractivity contribution is 7.91. The van der Waals surface area contributed by atoms with Crippen molar-refractivity contribution in [3.63, 3.8) is 0 Å². The number of nitrogens with two attached hydrogens (primary N) is 1. The zero-order valence-corrected chi connectivity index (χ0v) is 8.63. The third kappa shape index (κ3) is 1.55. The Morgan fingerprint density at radius 1 is 1.36 bits per heavy atom. The van der Waals surface area contributed by atoms with E-state index in [4.69, 9.17) is 5.73 Å². The Kier molecular flexibility index (Phi) is 2.33. The molecular weight excluding hydrogens is 198 g/mol. The van der Waals surface area contributed by atoms with E-state index in [0.717, 1.165) is 12.0 Å². The predicted octanol–water partition coefficient (Wildman–Crippen LogP) is 0.591. The monoisotopic (exact) mass is 211 g/mol. The fourth-order valence-electron chi connectivity index (χ4n) is 1.90. The second-order valence-corrected chi connectivity index (χ2v) is 5.70. The van der Waals surface area contributed by atoms with E-state index in [9.17, 15) is 8.42 Å². The zero-order chi connectivity index (χ0) is 10.2. The molecule has 2 N–H and O–H groups in total. The van der Waals surface area contributed by atoms with Crippen molar-refractivity contribution in [2.75, 3.05) is 12.3 Å². The summed E-state index contributed by atoms with van der Waals surface area (Å²) in [7, 11) is -3.08. The van der Waals surface area contributed by atoms with Gasteiger partial charge in [0, 0.05) is 0 Å². The van der Waals surface area contributed by atoms with Gasteiger partial charge in [0.1, 0.15) is 0 Å². The lowest BCUT2D eigenvalue weighted by atomic mass is 10.0. The predicted molar refractivity (Wildman–Crippen MR) is 54.7 cm³/mol. The molecule has 1 unspecified atom stereocenters. The lowest BCUT2D eigenvalue weighted by molar-refractivity contribution is 0.532. The molecule has 14 heavy (non-hydrogen) atoms. The quantitative estimate of drug-likeness (QED) is 0.739. The molecule has 0 radical (unpaired) electrons. The fraction of sp³-hybridized carbons (Fsp3) is 0.400. The summed E-state index contributed by atoms with van der Waals surface area (Å²) in [5.74, 6) is 0.274. The highest BCUT2D eigenvalue weighted by atomic mass is 32.2. The molecule has 1 aromatic carbocycles. The van der Waals surface area contributed by atoms with Crippen LogP contribution in [0.2, 0.25) is 0 Å². The van der Waals surface area contributed by atoms with Gasteiger partial charge in [-0.2, -0.15) is 0 Å². The summed E-state index contributed by atoms with van der Waals surface area (Å²) in [5, 5.41) is 0. The summed E-state index contributed by atoms with van der Waals surface area (Å²) in [4.78, 5) is 0.490. The summed E-state index contributed by atoms with van der Waals surface area (Å²) in [5.41, 5.74) is 6.43. The van der Waals surface area contributed by atoms with Crippen molar-refractivity contribution in [1.82, 2.24) is 0 Å². The molecule has 3 nitrogen and oxygen atoms in total. The number of rotatable bonds is 1. The molecule has 0 aliphatic carbocycles. The Labute approximate surface area is 83.9 Å². The van der Waals surface area contributed by atoms with E-state index in [1.165, 1.54) is 0 Å². The van der Waals surface area contributed by atoms with Gasteiger partial charge in [-0.3, -0.25) is 0 Å². The van der Waals surface area contributed by atoms with Crippen LogP contribution in [0.1, 0.15) is 5.56 Å². The number of hydrogen-bond donors (Lipinski definition) is 1. The van der Waals surface area contributed by atoms with Gasteiger partial charge in [-0.1, -0.05) is 18.2 Å². The van der Waals surface area contributed by atoms with Crippen LogP contribution in [0.5, 0.6) is 0 Å². The minimum absolute atomic E-state index is 0.0786. The highest BCUT2D eigenvalue weighted by Gasteiger charge is 2.28. The van der Waals surface area contributed by atoms with Crippen LogP contribution in [0, 0.1) is 5.92 Å². The molecule has 76 valence electrons. The molecular formula is C10H13NO2S. The maximum atomic E-state index is 11.8. The van der Waals surface area contributed by atoms with E-state index in [1.54, 1.807) is 12.1 Å². The minimum Gasteiger partial charge on any atom is -0.330 e. The molecule has 0 amide bonds. The van der Waals surface area contributed by atoms with Gasteiger partial charge < -0.3 is 5.73 Å². The van der Waals surface area contributed by atoms with Crippen molar-refractivity contribution in [3.8, 4) is 0 Å². The first-order valence-corrected chi connectivity index (χ1v) is 6.29. The summed E-state index contributed by atoms with van der Waals surface area (Å²) < 4.78 is 23.6. The standard InChI is InChI=1S/C10H13NO2S/c11-6-8-5-9-3-1-2-4-10(9)14(12,13)7-8/h1-4,8H,5-7,11H2. The van der Waals surface area contributed by atoms with E-state index < -0.39 is 9.84 Å². The molecule has 0 saturated carbocycles. The van der Waals surface area contributed by atoms with Crippen molar-refractivity contribution in [2.45, 2.75) is 11.3 Å². The van der Waals surface area contributed by atoms with Crippen molar-refractivity contribution in [3.05, 3.63) is 29.8 Å². The Hall–Kier alpha value is -0.870. The van der Waals surface area contributed by atoms with Crippen LogP contribution in [-0.4, -0.2) is 20.7 Å². The molecule has 1 aromatic rings.